The maximum Gasteiger partial charge on any atom is 0.270 e. The summed E-state index contributed by atoms with van der Waals surface area (Å²) in [5.74, 6) is -0.205. The summed E-state index contributed by atoms with van der Waals surface area (Å²) < 4.78 is 36.9. The average Bonchev–Trinajstić information content (AvgIpc) is 2.72. The van der Waals surface area contributed by atoms with Crippen LogP contribution in [0, 0.1) is 10.1 Å². The van der Waals surface area contributed by atoms with Crippen LogP contribution < -0.4 is 19.6 Å². The quantitative estimate of drug-likeness (QED) is 0.331. The van der Waals surface area contributed by atoms with Crippen LogP contribution in [0.3, 0.4) is 0 Å². The summed E-state index contributed by atoms with van der Waals surface area (Å²) in [6.45, 7) is -0.601. The van der Waals surface area contributed by atoms with E-state index in [1.54, 1.807) is 0 Å². The first-order valence-electron chi connectivity index (χ1n) is 8.15. The van der Waals surface area contributed by atoms with Gasteiger partial charge in [-0.15, -0.1) is 0 Å². The highest BCUT2D eigenvalue weighted by Gasteiger charge is 2.18. The fraction of sp³-hybridized carbons (Fsp3) is 0.176. The van der Waals surface area contributed by atoms with Crippen LogP contribution in [-0.2, 0) is 14.8 Å². The lowest BCUT2D eigenvalue weighted by Crippen LogP contribution is -2.34. The van der Waals surface area contributed by atoms with E-state index < -0.39 is 27.4 Å². The van der Waals surface area contributed by atoms with Gasteiger partial charge in [0, 0.05) is 28.8 Å². The Bertz CT molecular complexity index is 1090. The molecule has 0 heterocycles. The Balaban J connectivity index is 2.00. The van der Waals surface area contributed by atoms with E-state index in [1.807, 2.05) is 0 Å². The number of ether oxygens (including phenoxy) is 2. The minimum absolute atomic E-state index is 0.125. The zero-order chi connectivity index (χ0) is 22.3. The first kappa shape index (κ1) is 23.1. The minimum atomic E-state index is -4.01. The predicted octanol–water partition coefficient (Wildman–Crippen LogP) is 1.69. The number of sulfonamides is 1. The maximum absolute atomic E-state index is 12.3. The van der Waals surface area contributed by atoms with Crippen LogP contribution in [0.2, 0.25) is 5.02 Å². The van der Waals surface area contributed by atoms with Crippen LogP contribution in [-0.4, -0.2) is 46.2 Å². The van der Waals surface area contributed by atoms with Crippen molar-refractivity contribution in [2.75, 3.05) is 20.8 Å². The maximum atomic E-state index is 12.3. The van der Waals surface area contributed by atoms with Crippen molar-refractivity contribution in [3.63, 3.8) is 0 Å². The topological polar surface area (TPSA) is 149 Å². The molecule has 0 aromatic heterocycles. The Hall–Kier alpha value is -3.22. The van der Waals surface area contributed by atoms with Gasteiger partial charge in [0.05, 0.1) is 36.8 Å². The fourth-order valence-electron chi connectivity index (χ4n) is 2.18. The van der Waals surface area contributed by atoms with Crippen molar-refractivity contribution < 1.29 is 27.6 Å². The first-order chi connectivity index (χ1) is 14.2. The molecular weight excluding hydrogens is 440 g/mol. The Kier molecular flexibility index (Phi) is 7.69. The van der Waals surface area contributed by atoms with Gasteiger partial charge in [0.2, 0.25) is 10.0 Å². The summed E-state index contributed by atoms with van der Waals surface area (Å²) in [7, 11) is -1.23. The molecule has 2 aromatic rings. The van der Waals surface area contributed by atoms with E-state index in [2.05, 4.69) is 15.2 Å². The first-order valence-corrected chi connectivity index (χ1v) is 10.0. The Labute approximate surface area is 176 Å². The molecule has 0 fully saturated rings. The molecule has 0 saturated carbocycles. The summed E-state index contributed by atoms with van der Waals surface area (Å²) in [5.41, 5.74) is 2.11. The fourth-order valence-corrected chi connectivity index (χ4v) is 3.35. The van der Waals surface area contributed by atoms with Gasteiger partial charge in [-0.25, -0.2) is 18.6 Å². The number of rotatable bonds is 9. The van der Waals surface area contributed by atoms with Gasteiger partial charge in [-0.3, -0.25) is 14.9 Å². The van der Waals surface area contributed by atoms with Crippen molar-refractivity contribution in [3.05, 3.63) is 57.1 Å². The smallest absolute Gasteiger partial charge is 0.270 e. The highest BCUT2D eigenvalue weighted by atomic mass is 35.5. The number of hydrazone groups is 1. The Morgan fingerprint density at radius 3 is 2.53 bits per heavy atom. The molecule has 160 valence electrons. The van der Waals surface area contributed by atoms with E-state index in [0.29, 0.717) is 5.75 Å². The minimum Gasteiger partial charge on any atom is -0.493 e. The van der Waals surface area contributed by atoms with E-state index in [1.165, 1.54) is 50.6 Å². The second-order valence-corrected chi connectivity index (χ2v) is 7.77. The summed E-state index contributed by atoms with van der Waals surface area (Å²) in [4.78, 5) is 21.9. The molecule has 0 spiro atoms. The zero-order valence-electron chi connectivity index (χ0n) is 15.8. The van der Waals surface area contributed by atoms with Crippen molar-refractivity contribution in [2.45, 2.75) is 4.90 Å². The van der Waals surface area contributed by atoms with Crippen LogP contribution in [0.5, 0.6) is 11.5 Å². The van der Waals surface area contributed by atoms with E-state index in [0.717, 1.165) is 6.21 Å². The summed E-state index contributed by atoms with van der Waals surface area (Å²) in [5, 5.41) is 14.6. The van der Waals surface area contributed by atoms with Gasteiger partial charge in [0.25, 0.3) is 11.6 Å². The molecule has 0 aliphatic heterocycles. The SMILES string of the molecule is COc1ccc(S(=O)(=O)NCC(=O)N/N=C\c2cc([N+](=O)[O-])ccc2Cl)cc1OC. The molecule has 13 heteroatoms. The molecule has 0 aliphatic carbocycles. The van der Waals surface area contributed by atoms with Gasteiger partial charge >= 0.3 is 0 Å². The number of carbonyl (C=O) groups excluding carboxylic acids is 1. The molecule has 0 saturated heterocycles. The molecule has 2 rings (SSSR count). The van der Waals surface area contributed by atoms with Gasteiger partial charge in [0.1, 0.15) is 0 Å². The number of nitro benzene ring substituents is 1. The number of methoxy groups -OCH3 is 2. The predicted molar refractivity (Wildman–Crippen MR) is 109 cm³/mol. The van der Waals surface area contributed by atoms with Crippen molar-refractivity contribution in [1.82, 2.24) is 10.1 Å². The molecule has 2 N–H and O–H groups in total. The molecule has 0 unspecified atom stereocenters. The normalized spacial score (nSPS) is 11.3. The molecule has 0 aliphatic rings. The number of amides is 1. The molecular formula is C17H17ClN4O7S. The van der Waals surface area contributed by atoms with E-state index in [9.17, 15) is 23.3 Å². The van der Waals surface area contributed by atoms with E-state index in [-0.39, 0.29) is 26.9 Å². The van der Waals surface area contributed by atoms with Crippen LogP contribution in [0.25, 0.3) is 0 Å². The third-order valence-corrected chi connectivity index (χ3v) is 5.41. The van der Waals surface area contributed by atoms with Crippen molar-refractivity contribution in [2.24, 2.45) is 5.10 Å². The lowest BCUT2D eigenvalue weighted by molar-refractivity contribution is -0.384. The highest BCUT2D eigenvalue weighted by molar-refractivity contribution is 7.89. The van der Waals surface area contributed by atoms with Gasteiger partial charge in [-0.1, -0.05) is 11.6 Å². The Morgan fingerprint density at radius 2 is 1.90 bits per heavy atom. The van der Waals surface area contributed by atoms with Crippen molar-refractivity contribution >= 4 is 39.4 Å². The standard InChI is InChI=1S/C17H17ClN4O7S/c1-28-15-6-4-13(8-16(15)29-2)30(26,27)20-10-17(23)21-19-9-11-7-12(22(24)25)3-5-14(11)18/h3-9,20H,10H2,1-2H3,(H,21,23)/b19-9-. The van der Waals surface area contributed by atoms with E-state index in [4.69, 9.17) is 21.1 Å². The van der Waals surface area contributed by atoms with Crippen LogP contribution >= 0.6 is 11.6 Å². The molecule has 0 atom stereocenters. The lowest BCUT2D eigenvalue weighted by atomic mass is 10.2. The molecule has 1 amide bonds. The number of hydrogen-bond acceptors (Lipinski definition) is 8. The van der Waals surface area contributed by atoms with Crippen LogP contribution in [0.1, 0.15) is 5.56 Å². The summed E-state index contributed by atoms with van der Waals surface area (Å²) >= 11 is 5.91. The van der Waals surface area contributed by atoms with Crippen molar-refractivity contribution in [1.29, 1.82) is 0 Å². The zero-order valence-corrected chi connectivity index (χ0v) is 17.4. The number of nitrogens with one attached hydrogen (secondary N) is 2. The average molecular weight is 457 g/mol. The van der Waals surface area contributed by atoms with Gasteiger partial charge in [-0.05, 0) is 18.2 Å². The largest absolute Gasteiger partial charge is 0.493 e. The number of nitro groups is 1. The second kappa shape index (κ2) is 10.0. The third kappa shape index (κ3) is 5.89. The van der Waals surface area contributed by atoms with Gasteiger partial charge < -0.3 is 9.47 Å². The highest BCUT2D eigenvalue weighted by Crippen LogP contribution is 2.29. The number of nitrogens with zero attached hydrogens (tertiary/aromatic N) is 2. The Morgan fingerprint density at radius 1 is 1.20 bits per heavy atom. The summed E-state index contributed by atoms with van der Waals surface area (Å²) in [6.07, 6.45) is 1.11. The summed E-state index contributed by atoms with van der Waals surface area (Å²) in [6, 6.07) is 7.69. The van der Waals surface area contributed by atoms with Crippen LogP contribution in [0.15, 0.2) is 46.4 Å². The molecule has 2 aromatic carbocycles. The number of carbonyl (C=O) groups is 1. The van der Waals surface area contributed by atoms with Gasteiger partial charge in [-0.2, -0.15) is 5.10 Å². The van der Waals surface area contributed by atoms with Crippen molar-refractivity contribution in [3.8, 4) is 11.5 Å². The number of halogens is 1. The lowest BCUT2D eigenvalue weighted by Gasteiger charge is -2.10. The third-order valence-electron chi connectivity index (χ3n) is 3.67. The number of non-ortho nitro benzene ring substituents is 1. The number of benzene rings is 2. The molecule has 0 bridgehead atoms. The molecule has 11 nitrogen and oxygen atoms in total. The number of hydrogen-bond donors (Lipinski definition) is 2. The van der Waals surface area contributed by atoms with Crippen LogP contribution in [0.4, 0.5) is 5.69 Å². The molecule has 30 heavy (non-hydrogen) atoms. The second-order valence-electron chi connectivity index (χ2n) is 5.60. The molecule has 0 radical (unpaired) electrons. The van der Waals surface area contributed by atoms with E-state index >= 15 is 0 Å². The van der Waals surface area contributed by atoms with Gasteiger partial charge in [0.15, 0.2) is 11.5 Å². The monoisotopic (exact) mass is 456 g/mol.